The molecule has 4 nitrogen and oxygen atoms in total. The van der Waals surface area contributed by atoms with Crippen molar-refractivity contribution in [3.05, 3.63) is 17.4 Å². The van der Waals surface area contributed by atoms with Crippen molar-refractivity contribution in [3.63, 3.8) is 0 Å². The van der Waals surface area contributed by atoms with Crippen molar-refractivity contribution in [3.8, 4) is 17.2 Å². The van der Waals surface area contributed by atoms with Crippen molar-refractivity contribution in [2.24, 2.45) is 0 Å². The van der Waals surface area contributed by atoms with Gasteiger partial charge in [-0.1, -0.05) is 0 Å². The first kappa shape index (κ1) is 11.0. The summed E-state index contributed by atoms with van der Waals surface area (Å²) >= 11 is 0. The molecule has 1 aliphatic heterocycles. The van der Waals surface area contributed by atoms with Crippen LogP contribution >= 0.6 is 0 Å². The molecule has 0 radical (unpaired) electrons. The van der Waals surface area contributed by atoms with Crippen LogP contribution in [-0.4, -0.2) is 19.0 Å². The van der Waals surface area contributed by atoms with Gasteiger partial charge < -0.3 is 19.3 Å². The Bertz CT molecular complexity index is 422. The predicted octanol–water partition coefficient (Wildman–Crippen LogP) is 1.79. The summed E-state index contributed by atoms with van der Waals surface area (Å²) < 4.78 is 29.2. The maximum Gasteiger partial charge on any atom is 0.231 e. The summed E-state index contributed by atoms with van der Waals surface area (Å²) in [6.45, 7) is 2.98. The molecule has 5 heteroatoms. The lowest BCUT2D eigenvalue weighted by Crippen LogP contribution is -2.19. The molecule has 0 unspecified atom stereocenters. The maximum absolute atomic E-state index is 14.0. The normalized spacial score (nSPS) is 14.1. The number of ether oxygens (including phenoxy) is 3. The number of methoxy groups -OCH3 is 1. The van der Waals surface area contributed by atoms with E-state index in [0.717, 1.165) is 0 Å². The fourth-order valence-electron chi connectivity index (χ4n) is 1.69. The second-order valence-electron chi connectivity index (χ2n) is 4.06. The van der Waals surface area contributed by atoms with E-state index in [9.17, 15) is 9.50 Å². The van der Waals surface area contributed by atoms with E-state index < -0.39 is 11.4 Å². The van der Waals surface area contributed by atoms with E-state index in [-0.39, 0.29) is 23.9 Å². The highest BCUT2D eigenvalue weighted by atomic mass is 19.1. The summed E-state index contributed by atoms with van der Waals surface area (Å²) in [5.41, 5.74) is -1.31. The molecule has 1 N–H and O–H groups in total. The van der Waals surface area contributed by atoms with Crippen molar-refractivity contribution >= 4 is 0 Å². The van der Waals surface area contributed by atoms with E-state index in [1.165, 1.54) is 27.0 Å². The number of fused-ring (bicyclic) bond motifs is 1. The van der Waals surface area contributed by atoms with Crippen LogP contribution in [0.3, 0.4) is 0 Å². The topological polar surface area (TPSA) is 47.9 Å². The average Bonchev–Trinajstić information content (AvgIpc) is 2.61. The van der Waals surface area contributed by atoms with E-state index in [1.54, 1.807) is 0 Å². The van der Waals surface area contributed by atoms with Gasteiger partial charge >= 0.3 is 0 Å². The predicted molar refractivity (Wildman–Crippen MR) is 54.3 cm³/mol. The van der Waals surface area contributed by atoms with E-state index in [4.69, 9.17) is 14.2 Å². The lowest BCUT2D eigenvalue weighted by Gasteiger charge is -2.21. The lowest BCUT2D eigenvalue weighted by atomic mass is 9.96. The number of hydrogen-bond donors (Lipinski definition) is 1. The zero-order valence-electron chi connectivity index (χ0n) is 9.33. The van der Waals surface area contributed by atoms with Gasteiger partial charge in [0.25, 0.3) is 0 Å². The number of halogens is 1. The van der Waals surface area contributed by atoms with Crippen LogP contribution in [0.15, 0.2) is 6.07 Å². The van der Waals surface area contributed by atoms with Crippen molar-refractivity contribution in [2.75, 3.05) is 13.9 Å². The monoisotopic (exact) mass is 228 g/mol. The first-order chi connectivity index (χ1) is 7.45. The summed E-state index contributed by atoms with van der Waals surface area (Å²) in [7, 11) is 1.36. The third-order valence-electron chi connectivity index (χ3n) is 2.40. The molecule has 0 saturated carbocycles. The van der Waals surface area contributed by atoms with Gasteiger partial charge in [0.2, 0.25) is 6.79 Å². The van der Waals surface area contributed by atoms with E-state index >= 15 is 0 Å². The second-order valence-corrected chi connectivity index (χ2v) is 4.06. The molecule has 0 aromatic heterocycles. The maximum atomic E-state index is 14.0. The second kappa shape index (κ2) is 3.52. The first-order valence-electron chi connectivity index (χ1n) is 4.84. The molecule has 0 atom stereocenters. The van der Waals surface area contributed by atoms with Crippen molar-refractivity contribution in [1.82, 2.24) is 0 Å². The van der Waals surface area contributed by atoms with Crippen molar-refractivity contribution in [1.29, 1.82) is 0 Å². The van der Waals surface area contributed by atoms with E-state index in [0.29, 0.717) is 5.75 Å². The van der Waals surface area contributed by atoms with Crippen LogP contribution in [0.1, 0.15) is 19.4 Å². The highest BCUT2D eigenvalue weighted by Gasteiger charge is 2.33. The Hall–Kier alpha value is -1.49. The lowest BCUT2D eigenvalue weighted by molar-refractivity contribution is 0.0697. The average molecular weight is 228 g/mol. The molecule has 1 heterocycles. The molecule has 0 aliphatic carbocycles. The Morgan fingerprint density at radius 3 is 2.69 bits per heavy atom. The van der Waals surface area contributed by atoms with Gasteiger partial charge in [-0.3, -0.25) is 0 Å². The molecule has 1 aromatic carbocycles. The Morgan fingerprint density at radius 1 is 1.44 bits per heavy atom. The zero-order chi connectivity index (χ0) is 11.9. The SMILES string of the molecule is COc1cc2c(c(C(C)(C)O)c1F)OCO2. The standard InChI is InChI=1S/C11H13FO4/c1-11(2,13)8-9(12)6(14-3)4-7-10(8)16-5-15-7/h4,13H,5H2,1-3H3. The van der Waals surface area contributed by atoms with Crippen LogP contribution in [0.25, 0.3) is 0 Å². The molecule has 0 fully saturated rings. The molecular weight excluding hydrogens is 215 g/mol. The molecular formula is C11H13FO4. The molecule has 0 bridgehead atoms. The first-order valence-corrected chi connectivity index (χ1v) is 4.84. The van der Waals surface area contributed by atoms with Crippen LogP contribution in [0.5, 0.6) is 17.2 Å². The largest absolute Gasteiger partial charge is 0.494 e. The van der Waals surface area contributed by atoms with E-state index in [1.807, 2.05) is 0 Å². The quantitative estimate of drug-likeness (QED) is 0.838. The molecule has 0 spiro atoms. The third kappa shape index (κ3) is 1.57. The number of rotatable bonds is 2. The molecule has 88 valence electrons. The summed E-state index contributed by atoms with van der Waals surface area (Å²) in [4.78, 5) is 0. The fraction of sp³-hybridized carbons (Fsp3) is 0.455. The molecule has 2 rings (SSSR count). The minimum absolute atomic E-state index is 0.0189. The van der Waals surface area contributed by atoms with Gasteiger partial charge in [0.15, 0.2) is 23.1 Å². The summed E-state index contributed by atoms with van der Waals surface area (Å²) in [5, 5.41) is 9.92. The minimum Gasteiger partial charge on any atom is -0.494 e. The number of hydrogen-bond acceptors (Lipinski definition) is 4. The highest BCUT2D eigenvalue weighted by Crippen LogP contribution is 2.45. The molecule has 0 amide bonds. The summed E-state index contributed by atoms with van der Waals surface area (Å²) in [6, 6.07) is 1.41. The van der Waals surface area contributed by atoms with Crippen molar-refractivity contribution in [2.45, 2.75) is 19.4 Å². The molecule has 0 saturated heterocycles. The fourth-order valence-corrected chi connectivity index (χ4v) is 1.69. The molecule has 1 aliphatic rings. The molecule has 1 aromatic rings. The number of benzene rings is 1. The highest BCUT2D eigenvalue weighted by molar-refractivity contribution is 5.55. The number of aliphatic hydroxyl groups is 1. The zero-order valence-corrected chi connectivity index (χ0v) is 9.33. The third-order valence-corrected chi connectivity index (χ3v) is 2.40. The summed E-state index contributed by atoms with van der Waals surface area (Å²) in [6.07, 6.45) is 0. The Morgan fingerprint density at radius 2 is 2.12 bits per heavy atom. The van der Waals surface area contributed by atoms with Crippen LogP contribution in [0.2, 0.25) is 0 Å². The van der Waals surface area contributed by atoms with Gasteiger partial charge in [0.05, 0.1) is 18.3 Å². The van der Waals surface area contributed by atoms with Crippen molar-refractivity contribution < 1.29 is 23.7 Å². The van der Waals surface area contributed by atoms with Crippen LogP contribution < -0.4 is 14.2 Å². The van der Waals surface area contributed by atoms with Gasteiger partial charge in [-0.15, -0.1) is 0 Å². The minimum atomic E-state index is -1.36. The van der Waals surface area contributed by atoms with Gasteiger partial charge in [0, 0.05) is 6.07 Å². The Labute approximate surface area is 92.6 Å². The Kier molecular flexibility index (Phi) is 2.42. The van der Waals surface area contributed by atoms with Crippen LogP contribution in [0.4, 0.5) is 4.39 Å². The van der Waals surface area contributed by atoms with Crippen LogP contribution in [0, 0.1) is 5.82 Å². The molecule has 16 heavy (non-hydrogen) atoms. The van der Waals surface area contributed by atoms with E-state index in [2.05, 4.69) is 0 Å². The van der Waals surface area contributed by atoms with Gasteiger partial charge in [-0.25, -0.2) is 4.39 Å². The van der Waals surface area contributed by atoms with Gasteiger partial charge in [-0.05, 0) is 13.8 Å². The smallest absolute Gasteiger partial charge is 0.231 e. The summed E-state index contributed by atoms with van der Waals surface area (Å²) in [5.74, 6) is 0.0294. The Balaban J connectivity index is 2.70. The van der Waals surface area contributed by atoms with Crippen LogP contribution in [-0.2, 0) is 5.60 Å². The van der Waals surface area contributed by atoms with Gasteiger partial charge in [0.1, 0.15) is 0 Å². The van der Waals surface area contributed by atoms with Gasteiger partial charge in [-0.2, -0.15) is 0 Å².